The van der Waals surface area contributed by atoms with Crippen molar-refractivity contribution in [2.75, 3.05) is 10.6 Å². The molecule has 2 rings (SSSR count). The van der Waals surface area contributed by atoms with Gasteiger partial charge in [0, 0.05) is 13.0 Å². The standard InChI is InChI=1S/C16H15F2N3O3/c1-9(11-3-5-12(17)6-4-11)19-14-8-15(20-10(2)22)16(21(23)24)7-13(14)18/h3-9,19H,1-2H3,(H,20,22). The molecule has 0 aliphatic rings. The molecule has 2 aromatic carbocycles. The lowest BCUT2D eigenvalue weighted by molar-refractivity contribution is -0.384. The second-order valence-corrected chi connectivity index (χ2v) is 5.21. The van der Waals surface area contributed by atoms with Gasteiger partial charge in [-0.1, -0.05) is 12.1 Å². The van der Waals surface area contributed by atoms with Crippen LogP contribution in [0.25, 0.3) is 0 Å². The molecule has 0 aromatic heterocycles. The number of hydrogen-bond acceptors (Lipinski definition) is 4. The summed E-state index contributed by atoms with van der Waals surface area (Å²) in [5, 5.41) is 16.1. The quantitative estimate of drug-likeness (QED) is 0.639. The minimum absolute atomic E-state index is 0.0128. The highest BCUT2D eigenvalue weighted by Gasteiger charge is 2.20. The Labute approximate surface area is 136 Å². The molecule has 0 fully saturated rings. The van der Waals surface area contributed by atoms with Crippen molar-refractivity contribution in [3.8, 4) is 0 Å². The van der Waals surface area contributed by atoms with Gasteiger partial charge in [0.05, 0.1) is 16.7 Å². The lowest BCUT2D eigenvalue weighted by Gasteiger charge is -2.17. The van der Waals surface area contributed by atoms with E-state index in [1.807, 2.05) is 0 Å². The van der Waals surface area contributed by atoms with E-state index in [0.29, 0.717) is 5.56 Å². The van der Waals surface area contributed by atoms with Crippen LogP contribution in [-0.4, -0.2) is 10.8 Å². The maximum Gasteiger partial charge on any atom is 0.295 e. The zero-order valence-corrected chi connectivity index (χ0v) is 13.0. The van der Waals surface area contributed by atoms with Gasteiger partial charge in [-0.25, -0.2) is 8.78 Å². The molecule has 0 saturated heterocycles. The molecule has 1 atom stereocenters. The summed E-state index contributed by atoms with van der Waals surface area (Å²) in [4.78, 5) is 21.4. The average molecular weight is 335 g/mol. The van der Waals surface area contributed by atoms with Gasteiger partial charge in [0.1, 0.15) is 11.5 Å². The summed E-state index contributed by atoms with van der Waals surface area (Å²) >= 11 is 0. The van der Waals surface area contributed by atoms with E-state index in [1.165, 1.54) is 19.1 Å². The van der Waals surface area contributed by atoms with Crippen molar-refractivity contribution >= 4 is 23.0 Å². The topological polar surface area (TPSA) is 84.3 Å². The number of nitrogens with zero attached hydrogens (tertiary/aromatic N) is 1. The molecule has 0 radical (unpaired) electrons. The molecular weight excluding hydrogens is 320 g/mol. The van der Waals surface area contributed by atoms with Crippen LogP contribution in [0.2, 0.25) is 0 Å². The van der Waals surface area contributed by atoms with E-state index in [0.717, 1.165) is 12.1 Å². The van der Waals surface area contributed by atoms with Crippen LogP contribution in [0.5, 0.6) is 0 Å². The fourth-order valence-corrected chi connectivity index (χ4v) is 2.18. The fourth-order valence-electron chi connectivity index (χ4n) is 2.18. The van der Waals surface area contributed by atoms with E-state index in [-0.39, 0.29) is 23.2 Å². The molecule has 0 heterocycles. The van der Waals surface area contributed by atoms with E-state index in [1.54, 1.807) is 19.1 Å². The van der Waals surface area contributed by atoms with Crippen LogP contribution in [0, 0.1) is 21.7 Å². The van der Waals surface area contributed by atoms with Crippen LogP contribution in [-0.2, 0) is 4.79 Å². The summed E-state index contributed by atoms with van der Waals surface area (Å²) in [6.07, 6.45) is 0. The first-order chi connectivity index (χ1) is 11.3. The third kappa shape index (κ3) is 4.03. The summed E-state index contributed by atoms with van der Waals surface area (Å²) in [5.74, 6) is -1.73. The van der Waals surface area contributed by atoms with Gasteiger partial charge in [-0.05, 0) is 30.7 Å². The normalized spacial score (nSPS) is 11.7. The number of carbonyl (C=O) groups excluding carboxylic acids is 1. The van der Waals surface area contributed by atoms with Crippen molar-refractivity contribution in [3.63, 3.8) is 0 Å². The number of amides is 1. The Morgan fingerprint density at radius 1 is 1.17 bits per heavy atom. The number of rotatable bonds is 5. The number of halogens is 2. The summed E-state index contributed by atoms with van der Waals surface area (Å²) in [5.41, 5.74) is 0.0433. The van der Waals surface area contributed by atoms with Crippen molar-refractivity contribution in [1.82, 2.24) is 0 Å². The predicted octanol–water partition coefficient (Wildman–Crippen LogP) is 4.00. The van der Waals surface area contributed by atoms with E-state index in [4.69, 9.17) is 0 Å². The first kappa shape index (κ1) is 17.3. The number of hydrogen-bond donors (Lipinski definition) is 2. The van der Waals surface area contributed by atoms with E-state index in [2.05, 4.69) is 10.6 Å². The summed E-state index contributed by atoms with van der Waals surface area (Å²) in [6.45, 7) is 2.92. The molecule has 2 N–H and O–H groups in total. The molecule has 0 aliphatic heterocycles. The Balaban J connectivity index is 2.33. The van der Waals surface area contributed by atoms with Gasteiger partial charge in [0.25, 0.3) is 5.69 Å². The van der Waals surface area contributed by atoms with Crippen molar-refractivity contribution in [2.45, 2.75) is 19.9 Å². The zero-order chi connectivity index (χ0) is 17.9. The number of benzene rings is 2. The highest BCUT2D eigenvalue weighted by molar-refractivity contribution is 5.92. The van der Waals surface area contributed by atoms with Crippen LogP contribution in [0.15, 0.2) is 36.4 Å². The second-order valence-electron chi connectivity index (χ2n) is 5.21. The Morgan fingerprint density at radius 3 is 2.33 bits per heavy atom. The van der Waals surface area contributed by atoms with Crippen molar-refractivity contribution in [2.24, 2.45) is 0 Å². The van der Waals surface area contributed by atoms with Gasteiger partial charge in [-0.2, -0.15) is 0 Å². The Bertz CT molecular complexity index is 779. The first-order valence-corrected chi connectivity index (χ1v) is 7.05. The zero-order valence-electron chi connectivity index (χ0n) is 13.0. The number of nitrogens with one attached hydrogen (secondary N) is 2. The summed E-state index contributed by atoms with van der Waals surface area (Å²) in [7, 11) is 0. The molecule has 126 valence electrons. The van der Waals surface area contributed by atoms with E-state index < -0.39 is 22.3 Å². The molecule has 8 heteroatoms. The highest BCUT2D eigenvalue weighted by Crippen LogP contribution is 2.32. The third-order valence-electron chi connectivity index (χ3n) is 3.33. The van der Waals surface area contributed by atoms with Crippen LogP contribution in [0.1, 0.15) is 25.5 Å². The Morgan fingerprint density at radius 2 is 1.79 bits per heavy atom. The molecule has 0 aliphatic carbocycles. The van der Waals surface area contributed by atoms with Crippen molar-refractivity contribution in [3.05, 3.63) is 63.7 Å². The molecule has 24 heavy (non-hydrogen) atoms. The van der Waals surface area contributed by atoms with Crippen molar-refractivity contribution in [1.29, 1.82) is 0 Å². The van der Waals surface area contributed by atoms with Gasteiger partial charge >= 0.3 is 0 Å². The number of nitro benzene ring substituents is 1. The van der Waals surface area contributed by atoms with Gasteiger partial charge in [0.15, 0.2) is 5.82 Å². The third-order valence-corrected chi connectivity index (χ3v) is 3.33. The summed E-state index contributed by atoms with van der Waals surface area (Å²) < 4.78 is 27.1. The number of carbonyl (C=O) groups is 1. The predicted molar refractivity (Wildman–Crippen MR) is 85.8 cm³/mol. The first-order valence-electron chi connectivity index (χ1n) is 7.05. The Kier molecular flexibility index (Phi) is 5.08. The SMILES string of the molecule is CC(=O)Nc1cc(NC(C)c2ccc(F)cc2)c(F)cc1[N+](=O)[O-]. The largest absolute Gasteiger partial charge is 0.376 e. The molecule has 1 amide bonds. The lowest BCUT2D eigenvalue weighted by Crippen LogP contribution is -2.12. The maximum atomic E-state index is 14.1. The minimum Gasteiger partial charge on any atom is -0.376 e. The molecule has 1 unspecified atom stereocenters. The fraction of sp³-hybridized carbons (Fsp3) is 0.188. The summed E-state index contributed by atoms with van der Waals surface area (Å²) in [6, 6.07) is 7.17. The van der Waals surface area contributed by atoms with Gasteiger partial charge in [-0.3, -0.25) is 14.9 Å². The minimum atomic E-state index is -0.829. The molecule has 0 saturated carbocycles. The molecule has 0 spiro atoms. The van der Waals surface area contributed by atoms with Gasteiger partial charge in [0.2, 0.25) is 5.91 Å². The molecule has 2 aromatic rings. The monoisotopic (exact) mass is 335 g/mol. The Hall–Kier alpha value is -3.03. The number of anilines is 2. The highest BCUT2D eigenvalue weighted by atomic mass is 19.1. The number of nitro groups is 1. The maximum absolute atomic E-state index is 14.1. The van der Waals surface area contributed by atoms with Crippen LogP contribution >= 0.6 is 0 Å². The van der Waals surface area contributed by atoms with Crippen LogP contribution in [0.4, 0.5) is 25.8 Å². The van der Waals surface area contributed by atoms with E-state index >= 15 is 0 Å². The van der Waals surface area contributed by atoms with Crippen LogP contribution < -0.4 is 10.6 Å². The van der Waals surface area contributed by atoms with Gasteiger partial charge < -0.3 is 10.6 Å². The van der Waals surface area contributed by atoms with Gasteiger partial charge in [-0.15, -0.1) is 0 Å². The average Bonchev–Trinajstić information content (AvgIpc) is 2.50. The smallest absolute Gasteiger partial charge is 0.295 e. The molecule has 0 bridgehead atoms. The second kappa shape index (κ2) is 7.03. The van der Waals surface area contributed by atoms with Crippen LogP contribution in [0.3, 0.4) is 0 Å². The van der Waals surface area contributed by atoms with Crippen molar-refractivity contribution < 1.29 is 18.5 Å². The van der Waals surface area contributed by atoms with E-state index in [9.17, 15) is 23.7 Å². The molecule has 6 nitrogen and oxygen atoms in total. The molecular formula is C16H15F2N3O3. The lowest BCUT2D eigenvalue weighted by atomic mass is 10.1.